The third-order valence-corrected chi connectivity index (χ3v) is 4.56. The molecule has 0 saturated carbocycles. The molecule has 22 heavy (non-hydrogen) atoms. The lowest BCUT2D eigenvalue weighted by Crippen LogP contribution is -1.92. The minimum absolute atomic E-state index is 0.411. The van der Waals surface area contributed by atoms with E-state index in [0.29, 0.717) is 32.6 Å². The lowest BCUT2D eigenvalue weighted by atomic mass is 10.2. The minimum atomic E-state index is 0.411. The molecule has 0 fully saturated rings. The van der Waals surface area contributed by atoms with Crippen LogP contribution < -0.4 is 0 Å². The first kappa shape index (κ1) is 15.4. The SMILES string of the molecule is Cc1cc(-c2nnc(SCc3ccc(Cl)cc3Cl)o2)nn1C. The Morgan fingerprint density at radius 2 is 2.05 bits per heavy atom. The molecule has 0 aliphatic rings. The van der Waals surface area contributed by atoms with Crippen LogP contribution in [0.15, 0.2) is 33.9 Å². The summed E-state index contributed by atoms with van der Waals surface area (Å²) < 4.78 is 7.38. The first-order chi connectivity index (χ1) is 10.5. The molecule has 0 unspecified atom stereocenters. The van der Waals surface area contributed by atoms with Crippen molar-refractivity contribution in [3.8, 4) is 11.6 Å². The molecule has 5 nitrogen and oxygen atoms in total. The van der Waals surface area contributed by atoms with E-state index >= 15 is 0 Å². The predicted molar refractivity (Wildman–Crippen MR) is 87.3 cm³/mol. The fourth-order valence-corrected chi connectivity index (χ4v) is 3.14. The monoisotopic (exact) mass is 354 g/mol. The zero-order chi connectivity index (χ0) is 15.7. The molecule has 2 heterocycles. The summed E-state index contributed by atoms with van der Waals surface area (Å²) in [6, 6.07) is 7.31. The van der Waals surface area contributed by atoms with Gasteiger partial charge in [-0.05, 0) is 30.7 Å². The van der Waals surface area contributed by atoms with Crippen LogP contribution in [0.1, 0.15) is 11.3 Å². The molecule has 0 spiro atoms. The molecule has 0 saturated heterocycles. The Labute approximate surface area is 141 Å². The standard InChI is InChI=1S/C14H12Cl2N4OS/c1-8-5-12(19-20(8)2)13-17-18-14(21-13)22-7-9-3-4-10(15)6-11(9)16/h3-6H,7H2,1-2H3. The maximum atomic E-state index is 6.14. The quantitative estimate of drug-likeness (QED) is 0.650. The van der Waals surface area contributed by atoms with Crippen LogP contribution in [0.25, 0.3) is 11.6 Å². The van der Waals surface area contributed by atoms with Gasteiger partial charge in [-0.3, -0.25) is 4.68 Å². The van der Waals surface area contributed by atoms with Gasteiger partial charge in [-0.25, -0.2) is 0 Å². The van der Waals surface area contributed by atoms with E-state index in [1.54, 1.807) is 16.8 Å². The molecule has 1 aromatic carbocycles. The highest BCUT2D eigenvalue weighted by Gasteiger charge is 2.13. The summed E-state index contributed by atoms with van der Waals surface area (Å²) in [4.78, 5) is 0. The first-order valence-electron chi connectivity index (χ1n) is 6.44. The van der Waals surface area contributed by atoms with Crippen molar-refractivity contribution in [1.29, 1.82) is 0 Å². The van der Waals surface area contributed by atoms with E-state index in [1.807, 2.05) is 26.1 Å². The Bertz CT molecular complexity index is 796. The van der Waals surface area contributed by atoms with Gasteiger partial charge in [-0.15, -0.1) is 10.2 Å². The van der Waals surface area contributed by atoms with Crippen molar-refractivity contribution < 1.29 is 4.42 Å². The highest BCUT2D eigenvalue weighted by Crippen LogP contribution is 2.29. The number of rotatable bonds is 4. The zero-order valence-corrected chi connectivity index (χ0v) is 14.2. The van der Waals surface area contributed by atoms with Crippen molar-refractivity contribution in [3.05, 3.63) is 45.6 Å². The minimum Gasteiger partial charge on any atom is -0.410 e. The molecule has 8 heteroatoms. The Morgan fingerprint density at radius 1 is 1.23 bits per heavy atom. The van der Waals surface area contributed by atoms with Crippen LogP contribution in [0.3, 0.4) is 0 Å². The summed E-state index contributed by atoms with van der Waals surface area (Å²) in [5, 5.41) is 14.1. The van der Waals surface area contributed by atoms with Crippen LogP contribution in [0.5, 0.6) is 0 Å². The Kier molecular flexibility index (Phi) is 4.42. The van der Waals surface area contributed by atoms with Gasteiger partial charge in [0.15, 0.2) is 0 Å². The Balaban J connectivity index is 1.72. The van der Waals surface area contributed by atoms with E-state index in [1.165, 1.54) is 11.8 Å². The molecule has 0 N–H and O–H groups in total. The van der Waals surface area contributed by atoms with Crippen LogP contribution >= 0.6 is 35.0 Å². The molecular formula is C14H12Cl2N4OS. The summed E-state index contributed by atoms with van der Waals surface area (Å²) in [5.74, 6) is 1.03. The summed E-state index contributed by atoms with van der Waals surface area (Å²) in [6.07, 6.45) is 0. The molecule has 114 valence electrons. The molecule has 0 radical (unpaired) electrons. The normalized spacial score (nSPS) is 11.1. The first-order valence-corrected chi connectivity index (χ1v) is 8.18. The largest absolute Gasteiger partial charge is 0.410 e. The number of aromatic nitrogens is 4. The zero-order valence-electron chi connectivity index (χ0n) is 11.9. The number of hydrogen-bond donors (Lipinski definition) is 0. The van der Waals surface area contributed by atoms with Crippen LogP contribution in [-0.2, 0) is 12.8 Å². The molecule has 0 aliphatic carbocycles. The van der Waals surface area contributed by atoms with Crippen LogP contribution in [0, 0.1) is 6.92 Å². The average molecular weight is 355 g/mol. The molecule has 3 rings (SSSR count). The van der Waals surface area contributed by atoms with Crippen LogP contribution in [0.2, 0.25) is 10.0 Å². The van der Waals surface area contributed by atoms with Crippen molar-refractivity contribution in [1.82, 2.24) is 20.0 Å². The third kappa shape index (κ3) is 3.29. The molecule has 0 amide bonds. The van der Waals surface area contributed by atoms with Crippen molar-refractivity contribution in [2.24, 2.45) is 7.05 Å². The average Bonchev–Trinajstić information content (AvgIpc) is 3.06. The van der Waals surface area contributed by atoms with Gasteiger partial charge in [-0.2, -0.15) is 5.10 Å². The lowest BCUT2D eigenvalue weighted by molar-refractivity contribution is 0.464. The predicted octanol–water partition coefficient (Wildman–Crippen LogP) is 4.38. The fourth-order valence-electron chi connectivity index (χ4n) is 1.81. The number of nitrogens with zero attached hydrogens (tertiary/aromatic N) is 4. The second-order valence-electron chi connectivity index (χ2n) is 4.69. The van der Waals surface area contributed by atoms with Crippen molar-refractivity contribution in [2.75, 3.05) is 0 Å². The van der Waals surface area contributed by atoms with Gasteiger partial charge in [0.2, 0.25) is 0 Å². The Hall–Kier alpha value is -1.50. The number of benzene rings is 1. The molecule has 0 atom stereocenters. The van der Waals surface area contributed by atoms with Gasteiger partial charge in [0.05, 0.1) is 0 Å². The molecule has 2 aromatic heterocycles. The van der Waals surface area contributed by atoms with E-state index in [2.05, 4.69) is 15.3 Å². The van der Waals surface area contributed by atoms with E-state index in [-0.39, 0.29) is 0 Å². The van der Waals surface area contributed by atoms with E-state index < -0.39 is 0 Å². The van der Waals surface area contributed by atoms with Gasteiger partial charge in [0, 0.05) is 28.5 Å². The number of thioether (sulfide) groups is 1. The van der Waals surface area contributed by atoms with Crippen molar-refractivity contribution >= 4 is 35.0 Å². The molecule has 0 bridgehead atoms. The van der Waals surface area contributed by atoms with Crippen molar-refractivity contribution in [3.63, 3.8) is 0 Å². The van der Waals surface area contributed by atoms with Gasteiger partial charge in [-0.1, -0.05) is 41.0 Å². The van der Waals surface area contributed by atoms with Gasteiger partial charge < -0.3 is 4.42 Å². The van der Waals surface area contributed by atoms with Crippen LogP contribution in [-0.4, -0.2) is 20.0 Å². The second kappa shape index (κ2) is 6.32. The van der Waals surface area contributed by atoms with Gasteiger partial charge in [0.1, 0.15) is 5.69 Å². The number of aryl methyl sites for hydroxylation is 2. The molecular weight excluding hydrogens is 343 g/mol. The van der Waals surface area contributed by atoms with E-state index in [9.17, 15) is 0 Å². The highest BCUT2D eigenvalue weighted by molar-refractivity contribution is 7.98. The lowest BCUT2D eigenvalue weighted by Gasteiger charge is -2.01. The Morgan fingerprint density at radius 3 is 2.73 bits per heavy atom. The van der Waals surface area contributed by atoms with E-state index in [0.717, 1.165) is 11.3 Å². The molecule has 0 aliphatic heterocycles. The van der Waals surface area contributed by atoms with Gasteiger partial charge >= 0.3 is 0 Å². The summed E-state index contributed by atoms with van der Waals surface area (Å²) in [5.41, 5.74) is 2.66. The topological polar surface area (TPSA) is 56.7 Å². The van der Waals surface area contributed by atoms with Crippen molar-refractivity contribution in [2.45, 2.75) is 17.9 Å². The third-order valence-electron chi connectivity index (χ3n) is 3.11. The molecule has 3 aromatic rings. The number of halogens is 2. The van der Waals surface area contributed by atoms with Crippen LogP contribution in [0.4, 0.5) is 0 Å². The summed E-state index contributed by atoms with van der Waals surface area (Å²) in [6.45, 7) is 1.96. The summed E-state index contributed by atoms with van der Waals surface area (Å²) in [7, 11) is 1.87. The highest BCUT2D eigenvalue weighted by atomic mass is 35.5. The number of hydrogen-bond acceptors (Lipinski definition) is 5. The van der Waals surface area contributed by atoms with E-state index in [4.69, 9.17) is 27.6 Å². The summed E-state index contributed by atoms with van der Waals surface area (Å²) >= 11 is 13.4. The fraction of sp³-hybridized carbons (Fsp3) is 0.214. The van der Waals surface area contributed by atoms with Gasteiger partial charge in [0.25, 0.3) is 11.1 Å². The maximum Gasteiger partial charge on any atom is 0.277 e. The smallest absolute Gasteiger partial charge is 0.277 e. The maximum absolute atomic E-state index is 6.14. The second-order valence-corrected chi connectivity index (χ2v) is 6.46.